The fraction of sp³-hybridized carbons (Fsp3) is 0.0800. The van der Waals surface area contributed by atoms with Gasteiger partial charge in [-0.15, -0.1) is 0 Å². The van der Waals surface area contributed by atoms with Crippen LogP contribution in [-0.2, 0) is 11.3 Å². The molecular weight excluding hydrogens is 492 g/mol. The van der Waals surface area contributed by atoms with Crippen molar-refractivity contribution in [3.63, 3.8) is 0 Å². The molecule has 3 heterocycles. The number of fused-ring (bicyclic) bond motifs is 1. The Balaban J connectivity index is 1.55. The predicted molar refractivity (Wildman–Crippen MR) is 129 cm³/mol. The number of hydrogen-bond acceptors (Lipinski definition) is 6. The van der Waals surface area contributed by atoms with Crippen LogP contribution in [-0.4, -0.2) is 25.6 Å². The van der Waals surface area contributed by atoms with Crippen molar-refractivity contribution >= 4 is 34.2 Å². The van der Waals surface area contributed by atoms with Gasteiger partial charge < -0.3 is 14.4 Å². The third kappa shape index (κ3) is 4.58. The lowest BCUT2D eigenvalue weighted by atomic mass is 10.1. The average molecular weight is 508 g/mol. The Kier molecular flexibility index (Phi) is 6.03. The van der Waals surface area contributed by atoms with E-state index in [1.807, 2.05) is 0 Å². The van der Waals surface area contributed by atoms with Crippen molar-refractivity contribution < 1.29 is 18.1 Å². The number of carbonyl (C=O) groups is 1. The molecule has 0 atom stereocenters. The van der Waals surface area contributed by atoms with E-state index in [1.54, 1.807) is 25.1 Å². The van der Waals surface area contributed by atoms with E-state index in [0.29, 0.717) is 11.3 Å². The van der Waals surface area contributed by atoms with Gasteiger partial charge in [-0.1, -0.05) is 28.9 Å². The minimum Gasteiger partial charge on any atom is -0.333 e. The van der Waals surface area contributed by atoms with Crippen molar-refractivity contribution in [1.82, 2.24) is 19.7 Å². The van der Waals surface area contributed by atoms with Gasteiger partial charge in [0.05, 0.1) is 11.1 Å². The number of nitrogens with zero attached hydrogens (tertiary/aromatic N) is 4. The molecule has 0 fully saturated rings. The molecule has 5 rings (SSSR count). The van der Waals surface area contributed by atoms with Gasteiger partial charge >= 0.3 is 0 Å². The number of hydrogen-bond donors (Lipinski definition) is 1. The number of pyridine rings is 2. The van der Waals surface area contributed by atoms with Crippen LogP contribution < -0.4 is 10.7 Å². The van der Waals surface area contributed by atoms with E-state index in [0.717, 1.165) is 6.07 Å². The number of aryl methyl sites for hydroxylation is 1. The molecule has 8 nitrogen and oxygen atoms in total. The van der Waals surface area contributed by atoms with Crippen LogP contribution >= 0.6 is 11.6 Å². The summed E-state index contributed by atoms with van der Waals surface area (Å²) in [7, 11) is 0. The minimum absolute atomic E-state index is 0.0220. The van der Waals surface area contributed by atoms with Crippen LogP contribution in [0.2, 0.25) is 5.02 Å². The maximum atomic E-state index is 14.2. The Morgan fingerprint density at radius 3 is 2.72 bits per heavy atom. The van der Waals surface area contributed by atoms with Crippen molar-refractivity contribution in [2.45, 2.75) is 13.5 Å². The summed E-state index contributed by atoms with van der Waals surface area (Å²) in [6.07, 6.45) is 1.37. The summed E-state index contributed by atoms with van der Waals surface area (Å²) in [5.74, 6) is -1.75. The molecule has 0 unspecified atom stereocenters. The van der Waals surface area contributed by atoms with Gasteiger partial charge in [0.2, 0.25) is 17.2 Å². The standard InChI is InChI=1S/C25H16ClF2N5O3/c1-13-5-7-17-22(35)18(25-31-23(32-36-25)14-3-2-4-16(27)9-14)11-33(24(17)29-13)12-21(34)30-20-8-6-15(26)10-19(20)28/h2-11H,12H2,1H3,(H,30,34). The summed E-state index contributed by atoms with van der Waals surface area (Å²) < 4.78 is 34.5. The molecule has 2 aromatic carbocycles. The molecule has 0 saturated heterocycles. The fourth-order valence-corrected chi connectivity index (χ4v) is 3.80. The smallest absolute Gasteiger partial charge is 0.263 e. The second-order valence-corrected chi connectivity index (χ2v) is 8.37. The Morgan fingerprint density at radius 1 is 1.11 bits per heavy atom. The van der Waals surface area contributed by atoms with Crippen LogP contribution in [0.5, 0.6) is 0 Å². The summed E-state index contributed by atoms with van der Waals surface area (Å²) in [6.45, 7) is 1.45. The SMILES string of the molecule is Cc1ccc2c(=O)c(-c3nc(-c4cccc(F)c4)no3)cn(CC(=O)Nc3ccc(Cl)cc3F)c2n1. The number of anilines is 1. The summed E-state index contributed by atoms with van der Waals surface area (Å²) >= 11 is 5.77. The average Bonchev–Trinajstić information content (AvgIpc) is 3.33. The predicted octanol–water partition coefficient (Wildman–Crippen LogP) is 4.99. The van der Waals surface area contributed by atoms with E-state index in [4.69, 9.17) is 16.1 Å². The quantitative estimate of drug-likeness (QED) is 0.359. The number of carbonyl (C=O) groups excluding carboxylic acids is 1. The van der Waals surface area contributed by atoms with Gasteiger partial charge in [-0.3, -0.25) is 9.59 Å². The number of aromatic nitrogens is 4. The van der Waals surface area contributed by atoms with Crippen LogP contribution in [0.15, 0.2) is 70.1 Å². The molecule has 11 heteroatoms. The lowest BCUT2D eigenvalue weighted by Gasteiger charge is -2.13. The van der Waals surface area contributed by atoms with E-state index in [-0.39, 0.29) is 45.6 Å². The maximum absolute atomic E-state index is 14.2. The molecular formula is C25H16ClF2N5O3. The molecule has 0 aliphatic carbocycles. The van der Waals surface area contributed by atoms with Gasteiger partial charge in [-0.05, 0) is 49.4 Å². The van der Waals surface area contributed by atoms with Crippen molar-refractivity contribution in [2.24, 2.45) is 0 Å². The molecule has 5 aromatic rings. The van der Waals surface area contributed by atoms with E-state index in [9.17, 15) is 18.4 Å². The van der Waals surface area contributed by atoms with Crippen LogP contribution in [0.3, 0.4) is 0 Å². The molecule has 180 valence electrons. The van der Waals surface area contributed by atoms with Crippen molar-refractivity contribution in [3.8, 4) is 22.8 Å². The molecule has 0 bridgehead atoms. The minimum atomic E-state index is -0.689. The third-order valence-corrected chi connectivity index (χ3v) is 5.55. The largest absolute Gasteiger partial charge is 0.333 e. The highest BCUT2D eigenvalue weighted by molar-refractivity contribution is 6.30. The number of amides is 1. The molecule has 0 aliphatic heterocycles. The van der Waals surface area contributed by atoms with Gasteiger partial charge in [-0.2, -0.15) is 4.98 Å². The molecule has 0 saturated carbocycles. The second kappa shape index (κ2) is 9.31. The molecule has 1 amide bonds. The Hall–Kier alpha value is -4.44. The molecule has 0 spiro atoms. The van der Waals surface area contributed by atoms with Gasteiger partial charge in [-0.25, -0.2) is 13.8 Å². The molecule has 0 aliphatic rings. The Morgan fingerprint density at radius 2 is 1.94 bits per heavy atom. The normalized spacial score (nSPS) is 11.1. The van der Waals surface area contributed by atoms with Crippen LogP contribution in [0.4, 0.5) is 14.5 Å². The van der Waals surface area contributed by atoms with Crippen LogP contribution in [0.25, 0.3) is 33.9 Å². The van der Waals surface area contributed by atoms with Gasteiger partial charge in [0.15, 0.2) is 0 Å². The molecule has 36 heavy (non-hydrogen) atoms. The number of nitrogens with one attached hydrogen (secondary N) is 1. The molecule has 1 N–H and O–H groups in total. The van der Waals surface area contributed by atoms with E-state index >= 15 is 0 Å². The second-order valence-electron chi connectivity index (χ2n) is 7.93. The number of benzene rings is 2. The lowest BCUT2D eigenvalue weighted by Crippen LogP contribution is -2.22. The zero-order valence-corrected chi connectivity index (χ0v) is 19.4. The van der Waals surface area contributed by atoms with Crippen LogP contribution in [0, 0.1) is 18.6 Å². The Labute approximate surface area is 207 Å². The third-order valence-electron chi connectivity index (χ3n) is 5.32. The van der Waals surface area contributed by atoms with Crippen LogP contribution in [0.1, 0.15) is 5.69 Å². The Bertz CT molecular complexity index is 1700. The van der Waals surface area contributed by atoms with Crippen molar-refractivity contribution in [2.75, 3.05) is 5.32 Å². The van der Waals surface area contributed by atoms with Crippen molar-refractivity contribution in [3.05, 3.63) is 93.4 Å². The maximum Gasteiger partial charge on any atom is 0.263 e. The lowest BCUT2D eigenvalue weighted by molar-refractivity contribution is -0.116. The summed E-state index contributed by atoms with van der Waals surface area (Å²) in [6, 6.07) is 12.7. The van der Waals surface area contributed by atoms with E-state index in [2.05, 4.69) is 20.4 Å². The highest BCUT2D eigenvalue weighted by Gasteiger charge is 2.20. The topological polar surface area (TPSA) is 103 Å². The first-order chi connectivity index (χ1) is 17.3. The fourth-order valence-electron chi connectivity index (χ4n) is 3.65. The first-order valence-corrected chi connectivity index (χ1v) is 11.0. The van der Waals surface area contributed by atoms with Crippen molar-refractivity contribution in [1.29, 1.82) is 0 Å². The summed E-state index contributed by atoms with van der Waals surface area (Å²) in [4.78, 5) is 34.7. The number of rotatable bonds is 5. The monoisotopic (exact) mass is 507 g/mol. The first-order valence-electron chi connectivity index (χ1n) is 10.6. The summed E-state index contributed by atoms with van der Waals surface area (Å²) in [5, 5.41) is 6.75. The molecule has 3 aromatic heterocycles. The zero-order valence-electron chi connectivity index (χ0n) is 18.6. The van der Waals surface area contributed by atoms with Gasteiger partial charge in [0.1, 0.15) is 29.4 Å². The van der Waals surface area contributed by atoms with E-state index < -0.39 is 23.0 Å². The number of halogens is 3. The molecule has 0 radical (unpaired) electrons. The highest BCUT2D eigenvalue weighted by atomic mass is 35.5. The highest BCUT2D eigenvalue weighted by Crippen LogP contribution is 2.23. The van der Waals surface area contributed by atoms with Gasteiger partial charge in [0.25, 0.3) is 5.89 Å². The zero-order chi connectivity index (χ0) is 25.4. The first kappa shape index (κ1) is 23.3. The van der Waals surface area contributed by atoms with Gasteiger partial charge in [0, 0.05) is 22.5 Å². The van der Waals surface area contributed by atoms with E-state index in [1.165, 1.54) is 41.1 Å². The summed E-state index contributed by atoms with van der Waals surface area (Å²) in [5.41, 5.74) is 0.781.